The Morgan fingerprint density at radius 1 is 1.32 bits per heavy atom. The van der Waals surface area contributed by atoms with Crippen molar-refractivity contribution in [2.45, 2.75) is 26.4 Å². The van der Waals surface area contributed by atoms with Crippen molar-refractivity contribution >= 4 is 41.5 Å². The molecule has 2 aromatic carbocycles. The monoisotopic (exact) mass is 509 g/mol. The fraction of sp³-hybridized carbons (Fsp3) is 0.250. The molecule has 1 aliphatic rings. The van der Waals surface area contributed by atoms with Crippen LogP contribution < -0.4 is 14.4 Å². The molecule has 2 amide bonds. The van der Waals surface area contributed by atoms with Gasteiger partial charge < -0.3 is 0 Å². The quantitative estimate of drug-likeness (QED) is 0.453. The van der Waals surface area contributed by atoms with Gasteiger partial charge in [-0.2, -0.15) is 0 Å². The van der Waals surface area contributed by atoms with Gasteiger partial charge in [0.1, 0.15) is 0 Å². The molecule has 1 unspecified atom stereocenters. The van der Waals surface area contributed by atoms with Crippen LogP contribution in [-0.4, -0.2) is 29.6 Å². The predicted octanol–water partition coefficient (Wildman–Crippen LogP) is 4.42. The minimum absolute atomic E-state index is 0.390. The SMILES string of the molecule is CCC1Oc2c([CH]=[Ru]([Cl])[Cl])cccc2N(C(=O)c2ccc(OC)cc2C)C1=O. The van der Waals surface area contributed by atoms with E-state index in [-0.39, 0.29) is 0 Å². The number of benzene rings is 2. The summed E-state index contributed by atoms with van der Waals surface area (Å²) in [5, 5.41) is 0. The maximum atomic E-state index is 13.3. The second-order valence-electron chi connectivity index (χ2n) is 6.18. The molecule has 3 rings (SSSR count). The number of hydrogen-bond acceptors (Lipinski definition) is 4. The number of methoxy groups -OCH3 is 1. The summed E-state index contributed by atoms with van der Waals surface area (Å²) in [7, 11) is 13.6. The standard InChI is InChI=1S/C20H19NO4.2ClH.Ru/c1-5-17-20(23)21(16-8-6-7-12(2)18(16)25-17)19(22)15-10-9-14(24-4)11-13(15)3;;;/h2,6-11,17H,5H2,1,3-4H3;2*1H;/q;;;+2/p-2. The fourth-order valence-corrected chi connectivity index (χ4v) is 4.84. The average Bonchev–Trinajstić information content (AvgIpc) is 2.66. The molecule has 0 N–H and O–H groups in total. The van der Waals surface area contributed by atoms with Gasteiger partial charge in [0.2, 0.25) is 0 Å². The zero-order valence-corrected chi connectivity index (χ0v) is 18.8. The van der Waals surface area contributed by atoms with E-state index in [9.17, 15) is 9.59 Å². The van der Waals surface area contributed by atoms with Gasteiger partial charge in [-0.1, -0.05) is 0 Å². The molecule has 0 bridgehead atoms. The topological polar surface area (TPSA) is 55.8 Å². The van der Waals surface area contributed by atoms with Crippen LogP contribution in [0.3, 0.4) is 0 Å². The number of rotatable bonds is 4. The summed E-state index contributed by atoms with van der Waals surface area (Å²) in [5.74, 6) is 0.300. The van der Waals surface area contributed by atoms with Crippen molar-refractivity contribution < 1.29 is 32.6 Å². The number of anilines is 1. The third-order valence-corrected chi connectivity index (χ3v) is 6.28. The van der Waals surface area contributed by atoms with E-state index in [1.54, 1.807) is 49.0 Å². The van der Waals surface area contributed by atoms with Gasteiger partial charge >= 0.3 is 177 Å². The molecule has 1 heterocycles. The van der Waals surface area contributed by atoms with Crippen molar-refractivity contribution in [3.63, 3.8) is 0 Å². The van der Waals surface area contributed by atoms with Crippen LogP contribution in [0.4, 0.5) is 5.69 Å². The summed E-state index contributed by atoms with van der Waals surface area (Å²) in [6.07, 6.45) is -0.322. The summed E-state index contributed by atoms with van der Waals surface area (Å²) in [4.78, 5) is 27.5. The van der Waals surface area contributed by atoms with Crippen molar-refractivity contribution in [1.29, 1.82) is 0 Å². The van der Waals surface area contributed by atoms with E-state index >= 15 is 0 Å². The molecule has 5 nitrogen and oxygen atoms in total. The summed E-state index contributed by atoms with van der Waals surface area (Å²) < 4.78 is 12.9. The van der Waals surface area contributed by atoms with Crippen LogP contribution in [0.1, 0.15) is 34.8 Å². The predicted molar refractivity (Wildman–Crippen MR) is 108 cm³/mol. The zero-order chi connectivity index (χ0) is 20.4. The van der Waals surface area contributed by atoms with Gasteiger partial charge in [-0.25, -0.2) is 0 Å². The van der Waals surface area contributed by atoms with Crippen LogP contribution in [0.5, 0.6) is 11.5 Å². The number of aryl methyl sites for hydroxylation is 1. The first-order chi connectivity index (χ1) is 13.4. The summed E-state index contributed by atoms with van der Waals surface area (Å²) >= 11 is -2.12. The van der Waals surface area contributed by atoms with Gasteiger partial charge in [0.15, 0.2) is 0 Å². The van der Waals surface area contributed by atoms with E-state index < -0.39 is 31.4 Å². The molecule has 28 heavy (non-hydrogen) atoms. The van der Waals surface area contributed by atoms with Crippen LogP contribution in [0.2, 0.25) is 0 Å². The van der Waals surface area contributed by atoms with Crippen molar-refractivity contribution in [2.75, 3.05) is 12.0 Å². The van der Waals surface area contributed by atoms with Gasteiger partial charge in [-0.05, 0) is 0 Å². The molecule has 1 aliphatic heterocycles. The minimum atomic E-state index is -2.12. The maximum absolute atomic E-state index is 13.3. The Hall–Kier alpha value is -1.75. The molecule has 1 atom stereocenters. The van der Waals surface area contributed by atoms with Gasteiger partial charge in [0.25, 0.3) is 0 Å². The molecule has 0 radical (unpaired) electrons. The molecule has 8 heteroatoms. The van der Waals surface area contributed by atoms with Gasteiger partial charge in [-0.3, -0.25) is 0 Å². The number of hydrogen-bond donors (Lipinski definition) is 0. The van der Waals surface area contributed by atoms with E-state index in [2.05, 4.69) is 0 Å². The number of fused-ring (bicyclic) bond motifs is 1. The normalized spacial score (nSPS) is 16.2. The van der Waals surface area contributed by atoms with Crippen LogP contribution in [0.25, 0.3) is 0 Å². The van der Waals surface area contributed by atoms with Crippen molar-refractivity contribution in [3.05, 3.63) is 53.1 Å². The first kappa shape index (κ1) is 21.0. The Morgan fingerprint density at radius 3 is 2.68 bits per heavy atom. The second kappa shape index (κ2) is 8.73. The number of amides is 2. The number of imide groups is 1. The fourth-order valence-electron chi connectivity index (χ4n) is 3.06. The van der Waals surface area contributed by atoms with Crippen molar-refractivity contribution in [3.8, 4) is 11.5 Å². The Labute approximate surface area is 176 Å². The van der Waals surface area contributed by atoms with Gasteiger partial charge in [0.05, 0.1) is 0 Å². The summed E-state index contributed by atoms with van der Waals surface area (Å²) in [6.45, 7) is 3.64. The molecular formula is C20H19Cl2NO4Ru. The third-order valence-electron chi connectivity index (χ3n) is 4.45. The number of halogens is 2. The third kappa shape index (κ3) is 4.00. The van der Waals surface area contributed by atoms with Crippen molar-refractivity contribution in [1.82, 2.24) is 0 Å². The first-order valence-corrected chi connectivity index (χ1v) is 14.0. The van der Waals surface area contributed by atoms with Gasteiger partial charge in [-0.15, -0.1) is 0 Å². The van der Waals surface area contributed by atoms with E-state index in [4.69, 9.17) is 28.9 Å². The Bertz CT molecular complexity index is 973. The Kier molecular flexibility index (Phi) is 6.54. The first-order valence-electron chi connectivity index (χ1n) is 8.53. The molecule has 0 aromatic heterocycles. The average molecular weight is 509 g/mol. The van der Waals surface area contributed by atoms with Crippen LogP contribution >= 0.6 is 19.4 Å². The second-order valence-corrected chi connectivity index (χ2v) is 11.9. The molecular weight excluding hydrogens is 490 g/mol. The van der Waals surface area contributed by atoms with Gasteiger partial charge in [0, 0.05) is 0 Å². The number of para-hydroxylation sites is 1. The zero-order valence-electron chi connectivity index (χ0n) is 15.5. The Morgan fingerprint density at radius 2 is 2.07 bits per heavy atom. The van der Waals surface area contributed by atoms with E-state index in [0.29, 0.717) is 34.7 Å². The van der Waals surface area contributed by atoms with E-state index in [1.165, 1.54) is 4.90 Å². The van der Waals surface area contributed by atoms with Crippen molar-refractivity contribution in [2.24, 2.45) is 0 Å². The number of carbonyl (C=O) groups is 2. The molecule has 0 fully saturated rings. The molecule has 2 aromatic rings. The number of nitrogens with zero attached hydrogens (tertiary/aromatic N) is 1. The van der Waals surface area contributed by atoms with Crippen LogP contribution in [-0.2, 0) is 18.3 Å². The molecule has 0 spiro atoms. The van der Waals surface area contributed by atoms with E-state index in [1.807, 2.05) is 13.0 Å². The van der Waals surface area contributed by atoms with Crippen LogP contribution in [0.15, 0.2) is 36.4 Å². The molecule has 150 valence electrons. The summed E-state index contributed by atoms with van der Waals surface area (Å²) in [5.41, 5.74) is 2.23. The molecule has 0 saturated carbocycles. The summed E-state index contributed by atoms with van der Waals surface area (Å²) in [6, 6.07) is 10.4. The molecule has 0 aliphatic carbocycles. The Balaban J connectivity index is 2.14. The number of ether oxygens (including phenoxy) is 2. The van der Waals surface area contributed by atoms with E-state index in [0.717, 1.165) is 5.56 Å². The molecule has 0 saturated heterocycles. The van der Waals surface area contributed by atoms with Crippen LogP contribution in [0, 0.1) is 6.92 Å². The number of carbonyl (C=O) groups excluding carboxylic acids is 2.